The highest BCUT2D eigenvalue weighted by atomic mass is 32.2. The van der Waals surface area contributed by atoms with E-state index in [0.717, 1.165) is 29.0 Å². The quantitative estimate of drug-likeness (QED) is 0.0541. The number of rotatable bonds is 20. The van der Waals surface area contributed by atoms with Crippen molar-refractivity contribution in [3.63, 3.8) is 0 Å². The molecule has 1 saturated heterocycles. The lowest BCUT2D eigenvalue weighted by Gasteiger charge is -2.36. The molecule has 8 atom stereocenters. The van der Waals surface area contributed by atoms with Gasteiger partial charge in [-0.15, -0.1) is 0 Å². The van der Waals surface area contributed by atoms with Gasteiger partial charge < -0.3 is 74.1 Å². The molecule has 0 bridgehead atoms. The van der Waals surface area contributed by atoms with Crippen LogP contribution in [0.1, 0.15) is 33.4 Å². The normalized spacial score (nSPS) is 22.8. The Morgan fingerprint density at radius 3 is 2.38 bits per heavy atom. The first-order chi connectivity index (χ1) is 24.4. The summed E-state index contributed by atoms with van der Waals surface area (Å²) in [6.45, 7) is 1.21. The van der Waals surface area contributed by atoms with Crippen LogP contribution < -0.4 is 35.9 Å². The second-order valence-corrected chi connectivity index (χ2v) is 17.0. The molecule has 2 aromatic heterocycles. The summed E-state index contributed by atoms with van der Waals surface area (Å²) >= 11 is 0.817. The third-order valence-electron chi connectivity index (χ3n) is 7.06. The van der Waals surface area contributed by atoms with Gasteiger partial charge in [0.15, 0.2) is 17.7 Å². The maximum Gasteiger partial charge on any atom is 0.274 e. The fourth-order valence-electron chi connectivity index (χ4n) is 4.38. The number of aliphatic hydroxyl groups excluding tert-OH is 3. The van der Waals surface area contributed by atoms with Crippen LogP contribution >= 0.6 is 35.2 Å². The first-order valence-corrected chi connectivity index (χ1v) is 20.5. The van der Waals surface area contributed by atoms with Gasteiger partial charge in [0.1, 0.15) is 42.4 Å². The molecule has 0 aliphatic carbocycles. The Labute approximate surface area is 304 Å². The second-order valence-electron chi connectivity index (χ2n) is 11.8. The van der Waals surface area contributed by atoms with E-state index in [-0.39, 0.29) is 42.2 Å². The van der Waals surface area contributed by atoms with Crippen molar-refractivity contribution in [3.8, 4) is 0 Å². The summed E-state index contributed by atoms with van der Waals surface area (Å²) in [7, 11) is -17.6. The van der Waals surface area contributed by atoms with E-state index >= 15 is 0 Å². The van der Waals surface area contributed by atoms with E-state index in [0.29, 0.717) is 0 Å². The average Bonchev–Trinajstić information content (AvgIpc) is 3.60. The summed E-state index contributed by atoms with van der Waals surface area (Å²) < 4.78 is 60.2. The Morgan fingerprint density at radius 1 is 1.08 bits per heavy atom. The van der Waals surface area contributed by atoms with E-state index in [2.05, 4.69) is 43.5 Å². The molecule has 1 fully saturated rings. The molecule has 0 spiro atoms. The molecule has 25 nitrogen and oxygen atoms in total. The van der Waals surface area contributed by atoms with Gasteiger partial charge in [0, 0.05) is 30.7 Å². The summed E-state index contributed by atoms with van der Waals surface area (Å²) in [6, 6.07) is 0. The zero-order valence-corrected chi connectivity index (χ0v) is 31.4. The van der Waals surface area contributed by atoms with Gasteiger partial charge in [0.2, 0.25) is 16.9 Å². The van der Waals surface area contributed by atoms with Crippen LogP contribution in [-0.4, -0.2) is 114 Å². The predicted molar refractivity (Wildman–Crippen MR) is 170 cm³/mol. The average molecular weight is 836 g/mol. The van der Waals surface area contributed by atoms with Crippen LogP contribution in [0, 0.1) is 5.41 Å². The lowest BCUT2D eigenvalue weighted by atomic mass is 9.87. The molecule has 53 heavy (non-hydrogen) atoms. The van der Waals surface area contributed by atoms with Crippen molar-refractivity contribution in [1.82, 2.24) is 30.2 Å². The molecule has 0 radical (unpaired) electrons. The zero-order chi connectivity index (χ0) is 39.9. The van der Waals surface area contributed by atoms with E-state index in [1.807, 2.05) is 0 Å². The first-order valence-electron chi connectivity index (χ1n) is 15.1. The van der Waals surface area contributed by atoms with Gasteiger partial charge in [-0.05, 0) is 6.92 Å². The molecule has 3 rings (SSSR count). The Balaban J connectivity index is 1.52. The van der Waals surface area contributed by atoms with Gasteiger partial charge in [-0.3, -0.25) is 28.1 Å². The number of phosphoric ester groups is 3. The molecule has 2 amide bonds. The van der Waals surface area contributed by atoms with Gasteiger partial charge in [-0.25, -0.2) is 19.3 Å². The summed E-state index contributed by atoms with van der Waals surface area (Å²) in [4.78, 5) is 94.9. The number of ether oxygens (including phenoxy) is 1. The number of carbonyl (C=O) groups excluding carboxylic acids is 3. The highest BCUT2D eigenvalue weighted by Gasteiger charge is 2.47. The predicted octanol–water partition coefficient (Wildman–Crippen LogP) is -4.48. The number of nitrogens with zero attached hydrogens (tertiary/aromatic N) is 4. The molecule has 7 N–H and O–H groups in total. The van der Waals surface area contributed by atoms with Crippen LogP contribution in [0.15, 0.2) is 12.7 Å². The highest BCUT2D eigenvalue weighted by molar-refractivity contribution is 8.13. The topological polar surface area (TPSA) is 395 Å². The van der Waals surface area contributed by atoms with Crippen molar-refractivity contribution in [2.45, 2.75) is 63.9 Å². The summed E-state index contributed by atoms with van der Waals surface area (Å²) in [5.41, 5.74) is 4.03. The molecule has 29 heteroatoms. The Kier molecular flexibility index (Phi) is 15.6. The number of nitrogens with one attached hydrogen (secondary N) is 2. The van der Waals surface area contributed by atoms with Crippen molar-refractivity contribution < 1.29 is 85.6 Å². The van der Waals surface area contributed by atoms with Crippen LogP contribution in [-0.2, 0) is 50.7 Å². The van der Waals surface area contributed by atoms with E-state index < -0.39 is 95.8 Å². The summed E-state index contributed by atoms with van der Waals surface area (Å²) in [6.07, 6.45) is -8.83. The number of hydrogen-bond donors (Lipinski definition) is 6. The molecule has 2 aromatic rings. The molecule has 0 saturated carbocycles. The summed E-state index contributed by atoms with van der Waals surface area (Å²) in [5.74, 6) is -1.44. The van der Waals surface area contributed by atoms with Gasteiger partial charge in [0.25, 0.3) is 15.6 Å². The highest BCUT2D eigenvalue weighted by Crippen LogP contribution is 2.56. The lowest BCUT2D eigenvalue weighted by molar-refractivity contribution is -0.347. The number of anilines is 1. The molecule has 300 valence electrons. The minimum Gasteiger partial charge on any atom is -0.790 e. The third-order valence-corrected chi connectivity index (χ3v) is 11.1. The number of hydrogen-bond acceptors (Lipinski definition) is 23. The van der Waals surface area contributed by atoms with Gasteiger partial charge in [0.05, 0.1) is 27.4 Å². The van der Waals surface area contributed by atoms with Crippen LogP contribution in [0.3, 0.4) is 0 Å². The van der Waals surface area contributed by atoms with Gasteiger partial charge in [-0.2, -0.15) is 0 Å². The largest absolute Gasteiger partial charge is 0.790 e. The maximum absolute atomic E-state index is 12.5. The van der Waals surface area contributed by atoms with Crippen molar-refractivity contribution >= 4 is 69.1 Å². The Bertz CT molecular complexity index is 1760. The number of aliphatic hydroxyl groups is 3. The van der Waals surface area contributed by atoms with E-state index in [1.165, 1.54) is 20.8 Å². The van der Waals surface area contributed by atoms with Crippen LogP contribution in [0.4, 0.5) is 5.82 Å². The SMILES string of the molecule is C[C@H](O)C(=O)SCCNC(=O)CCNC(=O)[C@H](O)C(C)(C)COP(=O)([O-])OP(=O)([O-])OC[C@H]1O[C@@H](n2cnc3c(N)ncnc32)[C@H](O)[C@@H]1OP(=O)([O-])[O-]. The minimum atomic E-state index is -5.92. The third kappa shape index (κ3) is 13.4. The molecular formula is C24H36N7O18P3S-4. The Morgan fingerprint density at radius 2 is 1.74 bits per heavy atom. The van der Waals surface area contributed by atoms with E-state index in [4.69, 9.17) is 15.6 Å². The number of carbonyl (C=O) groups is 3. The molecule has 2 unspecified atom stereocenters. The zero-order valence-electron chi connectivity index (χ0n) is 27.9. The lowest BCUT2D eigenvalue weighted by Crippen LogP contribution is -2.46. The van der Waals surface area contributed by atoms with Crippen molar-refractivity contribution in [2.75, 3.05) is 37.8 Å². The molecule has 1 aliphatic heterocycles. The molecular weight excluding hydrogens is 799 g/mol. The second kappa shape index (κ2) is 18.4. The van der Waals surface area contributed by atoms with E-state index in [1.54, 1.807) is 0 Å². The minimum absolute atomic E-state index is 0.0267. The standard InChI is InChI=1S/C24H40N7O18P3S/c1-12(32)23(37)53-7-6-26-14(33)4-5-27-21(36)18(35)24(2,3)9-46-52(43,44)49-51(41,42)45-8-13-17(48-50(38,39)40)16(34)22(47-13)31-11-30-15-19(25)28-10-29-20(15)31/h10-13,16-18,22,32,34-35H,4-9H2,1-3H3,(H,26,33)(H,27,36)(H,41,42)(H,43,44)(H2,25,28,29)(H2,38,39,40)/p-4/t12-,13+,16+,17+,18-,22+/m0/s1. The number of imidazole rings is 1. The number of amides is 2. The number of phosphoric acid groups is 3. The fourth-order valence-corrected chi connectivity index (χ4v) is 7.76. The van der Waals surface area contributed by atoms with Gasteiger partial charge in [-0.1, -0.05) is 25.6 Å². The number of nitrogens with two attached hydrogens (primary N) is 1. The van der Waals surface area contributed by atoms with Crippen LogP contribution in [0.2, 0.25) is 0 Å². The van der Waals surface area contributed by atoms with Crippen LogP contribution in [0.25, 0.3) is 11.2 Å². The number of thioether (sulfide) groups is 1. The fraction of sp³-hybridized carbons (Fsp3) is 0.667. The number of nitrogen functional groups attached to an aromatic ring is 1. The van der Waals surface area contributed by atoms with Crippen molar-refractivity contribution in [2.24, 2.45) is 5.41 Å². The monoisotopic (exact) mass is 835 g/mol. The molecule has 0 aromatic carbocycles. The van der Waals surface area contributed by atoms with E-state index in [9.17, 15) is 57.9 Å². The molecule has 3 heterocycles. The Hall–Kier alpha value is -2.48. The van der Waals surface area contributed by atoms with Crippen molar-refractivity contribution in [3.05, 3.63) is 12.7 Å². The smallest absolute Gasteiger partial charge is 0.274 e. The maximum atomic E-state index is 12.5. The van der Waals surface area contributed by atoms with Crippen molar-refractivity contribution in [1.29, 1.82) is 0 Å². The number of aromatic nitrogens is 4. The summed E-state index contributed by atoms with van der Waals surface area (Å²) in [5, 5.41) is 34.6. The first kappa shape index (κ1) is 44.9. The van der Waals surface area contributed by atoms with Crippen LogP contribution in [0.5, 0.6) is 0 Å². The van der Waals surface area contributed by atoms with Gasteiger partial charge >= 0.3 is 0 Å². The molecule has 1 aliphatic rings. The number of fused-ring (bicyclic) bond motifs is 1.